The van der Waals surface area contributed by atoms with Gasteiger partial charge in [-0.2, -0.15) is 0 Å². The van der Waals surface area contributed by atoms with Crippen LogP contribution >= 0.6 is 35.3 Å². The quantitative estimate of drug-likeness (QED) is 0.291. The van der Waals surface area contributed by atoms with Gasteiger partial charge in [0.2, 0.25) is 0 Å². The Kier molecular flexibility index (Phi) is 10.6. The van der Waals surface area contributed by atoms with Crippen molar-refractivity contribution in [3.63, 3.8) is 0 Å². The molecule has 1 heterocycles. The van der Waals surface area contributed by atoms with Gasteiger partial charge in [-0.3, -0.25) is 0 Å². The van der Waals surface area contributed by atoms with Crippen LogP contribution in [0, 0.1) is 19.7 Å². The van der Waals surface area contributed by atoms with Crippen LogP contribution in [-0.4, -0.2) is 41.9 Å². The largest absolute Gasteiger partial charge is 0.491 e. The smallest absolute Gasteiger partial charge is 0.191 e. The number of aryl methyl sites for hydroxylation is 2. The molecule has 27 heavy (non-hydrogen) atoms. The number of ether oxygens (including phenoxy) is 1. The van der Waals surface area contributed by atoms with Crippen molar-refractivity contribution in [3.05, 3.63) is 45.7 Å². The van der Waals surface area contributed by atoms with E-state index in [4.69, 9.17) is 4.74 Å². The first-order valence-corrected chi connectivity index (χ1v) is 9.31. The second-order valence-electron chi connectivity index (χ2n) is 5.74. The number of aliphatic hydroxyl groups excluding tert-OH is 1. The van der Waals surface area contributed by atoms with Crippen molar-refractivity contribution in [2.45, 2.75) is 33.4 Å². The average Bonchev–Trinajstić information content (AvgIpc) is 2.94. The third-order valence-corrected chi connectivity index (χ3v) is 4.54. The molecule has 1 unspecified atom stereocenters. The molecule has 2 rings (SSSR count). The predicted octanol–water partition coefficient (Wildman–Crippen LogP) is 3.01. The Morgan fingerprint density at radius 3 is 2.59 bits per heavy atom. The van der Waals surface area contributed by atoms with Gasteiger partial charge < -0.3 is 20.5 Å². The molecule has 9 heteroatoms. The summed E-state index contributed by atoms with van der Waals surface area (Å²) < 4.78 is 18.3. The first-order chi connectivity index (χ1) is 12.5. The number of aliphatic imine (C=N–C) groups is 1. The molecular formula is C18H26FIN4O2S. The van der Waals surface area contributed by atoms with Crippen molar-refractivity contribution in [3.8, 4) is 5.75 Å². The molecule has 0 saturated heterocycles. The number of aliphatic hydroxyl groups is 1. The minimum Gasteiger partial charge on any atom is -0.491 e. The number of hydrogen-bond acceptors (Lipinski definition) is 5. The Balaban J connectivity index is 0.00000364. The molecule has 0 bridgehead atoms. The van der Waals surface area contributed by atoms with E-state index in [1.807, 2.05) is 20.8 Å². The van der Waals surface area contributed by atoms with E-state index in [1.165, 1.54) is 24.3 Å². The van der Waals surface area contributed by atoms with Gasteiger partial charge in [0.15, 0.2) is 5.96 Å². The average molecular weight is 508 g/mol. The van der Waals surface area contributed by atoms with Crippen LogP contribution in [0.1, 0.15) is 22.5 Å². The Hall–Kier alpha value is -1.46. The van der Waals surface area contributed by atoms with Gasteiger partial charge in [-0.05, 0) is 45.0 Å². The number of hydrogen-bond donors (Lipinski definition) is 3. The van der Waals surface area contributed by atoms with Gasteiger partial charge >= 0.3 is 0 Å². The topological polar surface area (TPSA) is 78.8 Å². The minimum atomic E-state index is -0.726. The van der Waals surface area contributed by atoms with Gasteiger partial charge in [-0.1, -0.05) is 0 Å². The molecule has 0 aliphatic rings. The van der Waals surface area contributed by atoms with Crippen LogP contribution in [0.3, 0.4) is 0 Å². The molecule has 1 atom stereocenters. The Labute approximate surface area is 180 Å². The molecule has 0 saturated carbocycles. The summed E-state index contributed by atoms with van der Waals surface area (Å²) in [6.07, 6.45) is -0.726. The van der Waals surface area contributed by atoms with E-state index in [0.717, 1.165) is 15.6 Å². The lowest BCUT2D eigenvalue weighted by molar-refractivity contribution is 0.110. The lowest BCUT2D eigenvalue weighted by atomic mass is 10.3. The number of benzene rings is 1. The molecule has 0 amide bonds. The Bertz CT molecular complexity index is 725. The molecule has 150 valence electrons. The molecule has 3 N–H and O–H groups in total. The molecule has 0 radical (unpaired) electrons. The van der Waals surface area contributed by atoms with E-state index in [0.29, 0.717) is 24.8 Å². The maximum Gasteiger partial charge on any atom is 0.191 e. The Morgan fingerprint density at radius 2 is 2.00 bits per heavy atom. The number of guanidine groups is 1. The fourth-order valence-corrected chi connectivity index (χ4v) is 3.07. The molecule has 0 fully saturated rings. The van der Waals surface area contributed by atoms with Crippen LogP contribution in [0.15, 0.2) is 29.3 Å². The van der Waals surface area contributed by atoms with Gasteiger partial charge in [-0.25, -0.2) is 14.4 Å². The summed E-state index contributed by atoms with van der Waals surface area (Å²) in [4.78, 5) is 10.1. The summed E-state index contributed by atoms with van der Waals surface area (Å²) in [6, 6.07) is 5.69. The Morgan fingerprint density at radius 1 is 1.30 bits per heavy atom. The van der Waals surface area contributed by atoms with Crippen molar-refractivity contribution in [2.24, 2.45) is 4.99 Å². The van der Waals surface area contributed by atoms with Crippen LogP contribution in [0.4, 0.5) is 4.39 Å². The summed E-state index contributed by atoms with van der Waals surface area (Å²) in [7, 11) is 0. The molecule has 0 aliphatic heterocycles. The minimum absolute atomic E-state index is 0. The lowest BCUT2D eigenvalue weighted by Crippen LogP contribution is -2.42. The third kappa shape index (κ3) is 8.39. The van der Waals surface area contributed by atoms with Gasteiger partial charge in [0.05, 0.1) is 17.2 Å². The van der Waals surface area contributed by atoms with E-state index >= 15 is 0 Å². The van der Waals surface area contributed by atoms with Gasteiger partial charge in [-0.15, -0.1) is 35.3 Å². The van der Waals surface area contributed by atoms with Crippen LogP contribution < -0.4 is 15.4 Å². The van der Waals surface area contributed by atoms with Crippen molar-refractivity contribution >= 4 is 41.3 Å². The summed E-state index contributed by atoms with van der Waals surface area (Å²) in [5, 5.41) is 17.3. The van der Waals surface area contributed by atoms with Crippen molar-refractivity contribution in [2.75, 3.05) is 19.7 Å². The molecule has 6 nitrogen and oxygen atoms in total. The van der Waals surface area contributed by atoms with Crippen LogP contribution in [0.5, 0.6) is 5.75 Å². The second-order valence-corrected chi connectivity index (χ2v) is 7.02. The standard InChI is InChI=1S/C18H25FN4O2S.HI/c1-4-20-18(22-10-17-12(2)23-13(3)26-17)21-9-15(24)11-25-16-7-5-14(19)6-8-16;/h5-8,15,24H,4,9-11H2,1-3H3,(H2,20,21,22);1H. The second kappa shape index (κ2) is 12.1. The number of nitrogens with zero attached hydrogens (tertiary/aromatic N) is 2. The molecule has 1 aromatic heterocycles. The van der Waals surface area contributed by atoms with E-state index in [9.17, 15) is 9.50 Å². The van der Waals surface area contributed by atoms with Gasteiger partial charge in [0.25, 0.3) is 0 Å². The zero-order valence-corrected chi connectivity index (χ0v) is 18.8. The fourth-order valence-electron chi connectivity index (χ4n) is 2.21. The monoisotopic (exact) mass is 508 g/mol. The molecular weight excluding hydrogens is 482 g/mol. The number of rotatable bonds is 8. The highest BCUT2D eigenvalue weighted by molar-refractivity contribution is 14.0. The summed E-state index contributed by atoms with van der Waals surface area (Å²) in [6.45, 7) is 7.58. The number of nitrogens with one attached hydrogen (secondary N) is 2. The summed E-state index contributed by atoms with van der Waals surface area (Å²) in [5.74, 6) is 0.818. The van der Waals surface area contributed by atoms with Crippen LogP contribution in [0.2, 0.25) is 0 Å². The van der Waals surface area contributed by atoms with Gasteiger partial charge in [0.1, 0.15) is 24.3 Å². The summed E-state index contributed by atoms with van der Waals surface area (Å²) >= 11 is 1.64. The lowest BCUT2D eigenvalue weighted by Gasteiger charge is -2.16. The maximum absolute atomic E-state index is 12.9. The maximum atomic E-state index is 12.9. The van der Waals surface area contributed by atoms with Crippen LogP contribution in [0.25, 0.3) is 0 Å². The highest BCUT2D eigenvalue weighted by Crippen LogP contribution is 2.17. The first-order valence-electron chi connectivity index (χ1n) is 8.49. The van der Waals surface area contributed by atoms with E-state index < -0.39 is 6.10 Å². The predicted molar refractivity (Wildman–Crippen MR) is 118 cm³/mol. The molecule has 0 aliphatic carbocycles. The highest BCUT2D eigenvalue weighted by atomic mass is 127. The van der Waals surface area contributed by atoms with E-state index in [1.54, 1.807) is 11.3 Å². The molecule has 0 spiro atoms. The normalized spacial score (nSPS) is 12.3. The molecule has 1 aromatic carbocycles. The molecule has 2 aromatic rings. The van der Waals surface area contributed by atoms with E-state index in [2.05, 4.69) is 20.6 Å². The van der Waals surface area contributed by atoms with E-state index in [-0.39, 0.29) is 42.9 Å². The highest BCUT2D eigenvalue weighted by Gasteiger charge is 2.08. The SMILES string of the molecule is CCNC(=NCc1sc(C)nc1C)NCC(O)COc1ccc(F)cc1.I. The van der Waals surface area contributed by atoms with Crippen molar-refractivity contribution in [1.29, 1.82) is 0 Å². The zero-order valence-electron chi connectivity index (χ0n) is 15.7. The number of aromatic nitrogens is 1. The third-order valence-electron chi connectivity index (χ3n) is 3.49. The van der Waals surface area contributed by atoms with Crippen molar-refractivity contribution < 1.29 is 14.2 Å². The first kappa shape index (κ1) is 23.6. The van der Waals surface area contributed by atoms with Gasteiger partial charge in [0, 0.05) is 18.0 Å². The van der Waals surface area contributed by atoms with Crippen molar-refractivity contribution in [1.82, 2.24) is 15.6 Å². The van der Waals surface area contributed by atoms with Crippen LogP contribution in [-0.2, 0) is 6.54 Å². The number of halogens is 2. The fraction of sp³-hybridized carbons (Fsp3) is 0.444. The zero-order chi connectivity index (χ0) is 18.9. The summed E-state index contributed by atoms with van der Waals surface area (Å²) in [5.41, 5.74) is 1.000. The number of thiazole rings is 1.